The van der Waals surface area contributed by atoms with Crippen molar-refractivity contribution < 1.29 is 17.9 Å². The van der Waals surface area contributed by atoms with E-state index in [9.17, 15) is 13.2 Å². The Kier molecular flexibility index (Phi) is 4.17. The van der Waals surface area contributed by atoms with Gasteiger partial charge in [0.25, 0.3) is 10.2 Å². The summed E-state index contributed by atoms with van der Waals surface area (Å²) in [6.07, 6.45) is 0. The molecule has 1 unspecified atom stereocenters. The molecule has 0 radical (unpaired) electrons. The second-order valence-electron chi connectivity index (χ2n) is 4.25. The number of hydrogen-bond donors (Lipinski definition) is 2. The van der Waals surface area contributed by atoms with Gasteiger partial charge in [0.05, 0.1) is 13.2 Å². The third-order valence-corrected chi connectivity index (χ3v) is 5.16. The molecule has 2 aliphatic rings. The monoisotopic (exact) mass is 278 g/mol. The van der Waals surface area contributed by atoms with Gasteiger partial charge in [-0.3, -0.25) is 4.79 Å². The van der Waals surface area contributed by atoms with E-state index in [1.165, 1.54) is 8.61 Å². The van der Waals surface area contributed by atoms with Crippen LogP contribution >= 0.6 is 0 Å². The minimum Gasteiger partial charge on any atom is -0.379 e. The maximum absolute atomic E-state index is 12.4. The van der Waals surface area contributed by atoms with E-state index < -0.39 is 22.2 Å². The van der Waals surface area contributed by atoms with Gasteiger partial charge in [-0.05, 0) is 0 Å². The minimum absolute atomic E-state index is 0.257. The van der Waals surface area contributed by atoms with Gasteiger partial charge < -0.3 is 15.8 Å². The van der Waals surface area contributed by atoms with Crippen LogP contribution in [0.4, 0.5) is 0 Å². The van der Waals surface area contributed by atoms with Crippen LogP contribution in [0.25, 0.3) is 0 Å². The van der Waals surface area contributed by atoms with Crippen LogP contribution in [0.1, 0.15) is 0 Å². The number of nitrogens with two attached hydrogens (primary N) is 1. The lowest BCUT2D eigenvalue weighted by atomic mass is 10.2. The molecule has 0 aromatic rings. The zero-order chi connectivity index (χ0) is 13.2. The molecule has 8 nitrogen and oxygen atoms in total. The van der Waals surface area contributed by atoms with E-state index in [2.05, 4.69) is 5.32 Å². The van der Waals surface area contributed by atoms with Gasteiger partial charge in [0.2, 0.25) is 5.91 Å². The topological polar surface area (TPSA) is 105 Å². The van der Waals surface area contributed by atoms with Gasteiger partial charge >= 0.3 is 0 Å². The third-order valence-electron chi connectivity index (χ3n) is 3.12. The Balaban J connectivity index is 2.18. The van der Waals surface area contributed by atoms with Crippen LogP contribution in [0, 0.1) is 0 Å². The Labute approximate surface area is 106 Å². The number of carbonyl (C=O) groups excluding carboxylic acids is 1. The van der Waals surface area contributed by atoms with Crippen molar-refractivity contribution in [3.63, 3.8) is 0 Å². The molecule has 104 valence electrons. The number of hydrogen-bond acceptors (Lipinski definition) is 5. The van der Waals surface area contributed by atoms with Crippen molar-refractivity contribution in [2.75, 3.05) is 45.9 Å². The molecule has 3 N–H and O–H groups in total. The lowest BCUT2D eigenvalue weighted by Gasteiger charge is -2.37. The molecular weight excluding hydrogens is 260 g/mol. The molecule has 9 heteroatoms. The van der Waals surface area contributed by atoms with E-state index in [0.717, 1.165) is 0 Å². The lowest BCUT2D eigenvalue weighted by Crippen LogP contribution is -2.62. The highest BCUT2D eigenvalue weighted by Gasteiger charge is 2.39. The van der Waals surface area contributed by atoms with Crippen LogP contribution in [-0.2, 0) is 19.7 Å². The molecule has 0 aliphatic carbocycles. The number of amides is 1. The van der Waals surface area contributed by atoms with E-state index in [1.807, 2.05) is 0 Å². The number of morpholine rings is 1. The lowest BCUT2D eigenvalue weighted by molar-refractivity contribution is -0.122. The van der Waals surface area contributed by atoms with Crippen LogP contribution in [-0.4, -0.2) is 74.9 Å². The highest BCUT2D eigenvalue weighted by Crippen LogP contribution is 2.15. The molecule has 0 aromatic heterocycles. The third kappa shape index (κ3) is 2.64. The second kappa shape index (κ2) is 5.49. The van der Waals surface area contributed by atoms with Crippen LogP contribution in [0.2, 0.25) is 0 Å². The standard InChI is InChI=1S/C9H18N4O4S/c10-9(14)8-7-11-1-2-13(8)18(15,16)12-3-5-17-6-4-12/h8,11H,1-7H2,(H2,10,14). The fourth-order valence-corrected chi connectivity index (χ4v) is 3.86. The maximum Gasteiger partial charge on any atom is 0.282 e. The summed E-state index contributed by atoms with van der Waals surface area (Å²) in [5.41, 5.74) is 5.26. The van der Waals surface area contributed by atoms with Gasteiger partial charge in [-0.15, -0.1) is 0 Å². The molecule has 0 spiro atoms. The molecule has 0 saturated carbocycles. The van der Waals surface area contributed by atoms with Gasteiger partial charge in [-0.1, -0.05) is 0 Å². The highest BCUT2D eigenvalue weighted by molar-refractivity contribution is 7.86. The van der Waals surface area contributed by atoms with Crippen molar-refractivity contribution in [1.29, 1.82) is 0 Å². The summed E-state index contributed by atoms with van der Waals surface area (Å²) in [5.74, 6) is -0.626. The number of nitrogens with zero attached hydrogens (tertiary/aromatic N) is 2. The maximum atomic E-state index is 12.4. The minimum atomic E-state index is -3.63. The Morgan fingerprint density at radius 1 is 1.28 bits per heavy atom. The Morgan fingerprint density at radius 2 is 1.94 bits per heavy atom. The average Bonchev–Trinajstić information content (AvgIpc) is 2.39. The van der Waals surface area contributed by atoms with Crippen molar-refractivity contribution in [2.45, 2.75) is 6.04 Å². The summed E-state index contributed by atoms with van der Waals surface area (Å²) < 4.78 is 32.5. The molecule has 0 bridgehead atoms. The SMILES string of the molecule is NC(=O)C1CNCCN1S(=O)(=O)N1CCOCC1. The zero-order valence-corrected chi connectivity index (χ0v) is 10.9. The van der Waals surface area contributed by atoms with E-state index >= 15 is 0 Å². The highest BCUT2D eigenvalue weighted by atomic mass is 32.2. The number of piperazine rings is 1. The number of nitrogens with one attached hydrogen (secondary N) is 1. The Bertz CT molecular complexity index is 407. The average molecular weight is 278 g/mol. The molecule has 2 saturated heterocycles. The fourth-order valence-electron chi connectivity index (χ4n) is 2.13. The van der Waals surface area contributed by atoms with E-state index in [0.29, 0.717) is 32.8 Å². The number of primary amides is 1. The van der Waals surface area contributed by atoms with Gasteiger partial charge in [0.1, 0.15) is 6.04 Å². The van der Waals surface area contributed by atoms with Crippen molar-refractivity contribution in [1.82, 2.24) is 13.9 Å². The van der Waals surface area contributed by atoms with Crippen LogP contribution < -0.4 is 11.1 Å². The predicted molar refractivity (Wildman–Crippen MR) is 63.9 cm³/mol. The van der Waals surface area contributed by atoms with Crippen LogP contribution in [0.5, 0.6) is 0 Å². The molecule has 0 aromatic carbocycles. The number of ether oxygens (including phenoxy) is 1. The van der Waals surface area contributed by atoms with Crippen LogP contribution in [0.15, 0.2) is 0 Å². The zero-order valence-electron chi connectivity index (χ0n) is 10.0. The van der Waals surface area contributed by atoms with Gasteiger partial charge in [0, 0.05) is 32.7 Å². The first-order valence-electron chi connectivity index (χ1n) is 5.88. The molecule has 2 aliphatic heterocycles. The summed E-state index contributed by atoms with van der Waals surface area (Å²) in [5, 5.41) is 2.97. The quantitative estimate of drug-likeness (QED) is 0.585. The molecule has 1 amide bonds. The second-order valence-corrected chi connectivity index (χ2v) is 6.13. The fraction of sp³-hybridized carbons (Fsp3) is 0.889. The summed E-state index contributed by atoms with van der Waals surface area (Å²) in [6.45, 7) is 2.44. The van der Waals surface area contributed by atoms with Crippen LogP contribution in [0.3, 0.4) is 0 Å². The predicted octanol–water partition coefficient (Wildman–Crippen LogP) is -2.68. The molecule has 18 heavy (non-hydrogen) atoms. The molecule has 1 atom stereocenters. The molecule has 2 heterocycles. The Morgan fingerprint density at radius 3 is 2.56 bits per heavy atom. The largest absolute Gasteiger partial charge is 0.379 e. The van der Waals surface area contributed by atoms with E-state index in [1.54, 1.807) is 0 Å². The summed E-state index contributed by atoms with van der Waals surface area (Å²) in [4.78, 5) is 11.3. The van der Waals surface area contributed by atoms with Crippen molar-refractivity contribution >= 4 is 16.1 Å². The molecular formula is C9H18N4O4S. The van der Waals surface area contributed by atoms with Gasteiger partial charge in [0.15, 0.2) is 0 Å². The first kappa shape index (κ1) is 13.7. The summed E-state index contributed by atoms with van der Waals surface area (Å²) in [7, 11) is -3.63. The first-order valence-corrected chi connectivity index (χ1v) is 7.28. The normalized spacial score (nSPS) is 28.1. The molecule has 2 fully saturated rings. The molecule has 2 rings (SSSR count). The summed E-state index contributed by atoms with van der Waals surface area (Å²) >= 11 is 0. The number of rotatable bonds is 3. The smallest absolute Gasteiger partial charge is 0.282 e. The first-order chi connectivity index (χ1) is 8.53. The van der Waals surface area contributed by atoms with Crippen molar-refractivity contribution in [2.24, 2.45) is 5.73 Å². The Hall–Kier alpha value is -0.740. The van der Waals surface area contributed by atoms with Crippen molar-refractivity contribution in [3.05, 3.63) is 0 Å². The van der Waals surface area contributed by atoms with E-state index in [4.69, 9.17) is 10.5 Å². The van der Waals surface area contributed by atoms with Gasteiger partial charge in [-0.2, -0.15) is 17.0 Å². The van der Waals surface area contributed by atoms with Crippen molar-refractivity contribution in [3.8, 4) is 0 Å². The summed E-state index contributed by atoms with van der Waals surface area (Å²) in [6, 6.07) is -0.813. The number of carbonyl (C=O) groups is 1. The van der Waals surface area contributed by atoms with Gasteiger partial charge in [-0.25, -0.2) is 0 Å². The van der Waals surface area contributed by atoms with E-state index in [-0.39, 0.29) is 13.1 Å².